The molecule has 1 heterocycles. The van der Waals surface area contributed by atoms with E-state index in [1.54, 1.807) is 49.4 Å². The lowest BCUT2D eigenvalue weighted by atomic mass is 9.82. The molecular weight excluding hydrogens is 536 g/mol. The zero-order valence-electron chi connectivity index (χ0n) is 20.2. The average Bonchev–Trinajstić information content (AvgIpc) is 2.89. The molecule has 0 amide bonds. The van der Waals surface area contributed by atoms with Crippen LogP contribution in [0.4, 0.5) is 0 Å². The highest BCUT2D eigenvalue weighted by Crippen LogP contribution is 2.49. The molecule has 7 heteroatoms. The minimum Gasteiger partial charge on any atom is -0.508 e. The number of benzene rings is 4. The molecule has 186 valence electrons. The number of carbonyl (C=O) groups is 2. The summed E-state index contributed by atoms with van der Waals surface area (Å²) >= 11 is 3.49. The highest BCUT2D eigenvalue weighted by Gasteiger charge is 2.40. The van der Waals surface area contributed by atoms with Gasteiger partial charge < -0.3 is 19.3 Å². The van der Waals surface area contributed by atoms with Gasteiger partial charge in [0, 0.05) is 38.9 Å². The molecular formula is C30H23BrO6. The Morgan fingerprint density at radius 2 is 1.57 bits per heavy atom. The van der Waals surface area contributed by atoms with Gasteiger partial charge in [0.25, 0.3) is 0 Å². The van der Waals surface area contributed by atoms with Crippen LogP contribution in [0.2, 0.25) is 0 Å². The van der Waals surface area contributed by atoms with Crippen molar-refractivity contribution in [2.24, 2.45) is 0 Å². The van der Waals surface area contributed by atoms with E-state index in [-0.39, 0.29) is 23.7 Å². The van der Waals surface area contributed by atoms with Gasteiger partial charge in [0.2, 0.25) is 0 Å². The first-order chi connectivity index (χ1) is 17.8. The summed E-state index contributed by atoms with van der Waals surface area (Å²) in [4.78, 5) is 25.2. The molecule has 37 heavy (non-hydrogen) atoms. The van der Waals surface area contributed by atoms with Crippen LogP contribution in [0.3, 0.4) is 0 Å². The summed E-state index contributed by atoms with van der Waals surface area (Å²) in [6.45, 7) is 3.16. The molecule has 1 aliphatic rings. The smallest absolute Gasteiger partial charge is 0.342 e. The van der Waals surface area contributed by atoms with Crippen molar-refractivity contribution in [3.8, 4) is 17.2 Å². The van der Waals surface area contributed by atoms with Crippen LogP contribution in [-0.2, 0) is 15.1 Å². The van der Waals surface area contributed by atoms with Crippen LogP contribution in [0, 0.1) is 0 Å². The van der Waals surface area contributed by atoms with Gasteiger partial charge in [-0.3, -0.25) is 4.79 Å². The van der Waals surface area contributed by atoms with Gasteiger partial charge in [-0.15, -0.1) is 0 Å². The molecule has 4 aromatic rings. The summed E-state index contributed by atoms with van der Waals surface area (Å²) in [5, 5.41) is 11.2. The van der Waals surface area contributed by atoms with E-state index in [1.807, 2.05) is 42.5 Å². The zero-order valence-corrected chi connectivity index (χ0v) is 21.7. The highest BCUT2D eigenvalue weighted by molar-refractivity contribution is 9.10. The van der Waals surface area contributed by atoms with Crippen molar-refractivity contribution < 1.29 is 28.9 Å². The molecule has 1 unspecified atom stereocenters. The van der Waals surface area contributed by atoms with Crippen LogP contribution in [0.15, 0.2) is 83.3 Å². The molecule has 6 nitrogen and oxygen atoms in total. The van der Waals surface area contributed by atoms with Gasteiger partial charge in [-0.25, -0.2) is 4.79 Å². The summed E-state index contributed by atoms with van der Waals surface area (Å²) in [6, 6.07) is 21.9. The van der Waals surface area contributed by atoms with Crippen LogP contribution in [-0.4, -0.2) is 23.7 Å². The summed E-state index contributed by atoms with van der Waals surface area (Å²) in [7, 11) is 0. The predicted molar refractivity (Wildman–Crippen MR) is 144 cm³/mol. The second-order valence-electron chi connectivity index (χ2n) is 8.53. The highest BCUT2D eigenvalue weighted by atomic mass is 79.9. The number of aromatic hydroxyl groups is 1. The maximum absolute atomic E-state index is 13.2. The Kier molecular flexibility index (Phi) is 6.48. The van der Waals surface area contributed by atoms with Crippen molar-refractivity contribution in [3.63, 3.8) is 0 Å². The van der Waals surface area contributed by atoms with E-state index in [2.05, 4.69) is 15.9 Å². The maximum Gasteiger partial charge on any atom is 0.342 e. The van der Waals surface area contributed by atoms with Gasteiger partial charge in [-0.1, -0.05) is 64.5 Å². The Balaban J connectivity index is 1.83. The van der Waals surface area contributed by atoms with Crippen LogP contribution >= 0.6 is 15.9 Å². The largest absolute Gasteiger partial charge is 0.508 e. The van der Waals surface area contributed by atoms with Crippen LogP contribution in [0.1, 0.15) is 40.9 Å². The Labute approximate surface area is 222 Å². The number of rotatable bonds is 5. The number of esters is 2. The fourth-order valence-corrected chi connectivity index (χ4v) is 4.86. The number of halogens is 1. The molecule has 4 aromatic carbocycles. The third-order valence-corrected chi connectivity index (χ3v) is 6.73. The van der Waals surface area contributed by atoms with Gasteiger partial charge >= 0.3 is 11.9 Å². The SMILES string of the molecule is CCOC(=O)c1c2c(c3ccccc3c1OC(C)=O)OC(c1ccc(O)cc1)(c1ccc(Br)cc1)C=C2. The summed E-state index contributed by atoms with van der Waals surface area (Å²) in [5.74, 6) is -0.447. The van der Waals surface area contributed by atoms with E-state index < -0.39 is 17.5 Å². The first-order valence-corrected chi connectivity index (χ1v) is 12.5. The molecule has 1 atom stereocenters. The lowest BCUT2D eigenvalue weighted by molar-refractivity contribution is -0.131. The molecule has 0 saturated carbocycles. The van der Waals surface area contributed by atoms with E-state index in [0.29, 0.717) is 22.1 Å². The van der Waals surface area contributed by atoms with Crippen molar-refractivity contribution in [2.75, 3.05) is 6.61 Å². The van der Waals surface area contributed by atoms with E-state index in [0.717, 1.165) is 15.6 Å². The van der Waals surface area contributed by atoms with Gasteiger partial charge in [0.15, 0.2) is 11.4 Å². The van der Waals surface area contributed by atoms with Crippen molar-refractivity contribution in [1.29, 1.82) is 0 Å². The molecule has 0 fully saturated rings. The molecule has 5 rings (SSSR count). The van der Waals surface area contributed by atoms with Crippen LogP contribution < -0.4 is 9.47 Å². The number of hydrogen-bond acceptors (Lipinski definition) is 6. The minimum atomic E-state index is -1.07. The Morgan fingerprint density at radius 3 is 2.19 bits per heavy atom. The lowest BCUT2D eigenvalue weighted by Gasteiger charge is -2.37. The van der Waals surface area contributed by atoms with Crippen LogP contribution in [0.25, 0.3) is 16.8 Å². The maximum atomic E-state index is 13.2. The molecule has 0 spiro atoms. The van der Waals surface area contributed by atoms with Gasteiger partial charge in [0.1, 0.15) is 17.1 Å². The van der Waals surface area contributed by atoms with Gasteiger partial charge in [0.05, 0.1) is 6.61 Å². The van der Waals surface area contributed by atoms with Gasteiger partial charge in [-0.2, -0.15) is 0 Å². The molecule has 0 saturated heterocycles. The summed E-state index contributed by atoms with van der Waals surface area (Å²) < 4.78 is 18.7. The Bertz CT molecular complexity index is 1490. The fourth-order valence-electron chi connectivity index (χ4n) is 4.60. The van der Waals surface area contributed by atoms with E-state index >= 15 is 0 Å². The molecule has 0 aliphatic carbocycles. The normalized spacial score (nSPS) is 16.1. The van der Waals surface area contributed by atoms with E-state index in [4.69, 9.17) is 14.2 Å². The van der Waals surface area contributed by atoms with Gasteiger partial charge in [-0.05, 0) is 43.3 Å². The number of hydrogen-bond donors (Lipinski definition) is 1. The molecule has 0 aromatic heterocycles. The second kappa shape index (κ2) is 9.75. The number of ether oxygens (including phenoxy) is 3. The quantitative estimate of drug-likeness (QED) is 0.215. The Morgan fingerprint density at radius 1 is 0.946 bits per heavy atom. The van der Waals surface area contributed by atoms with Crippen molar-refractivity contribution >= 4 is 44.7 Å². The van der Waals surface area contributed by atoms with E-state index in [9.17, 15) is 14.7 Å². The third-order valence-electron chi connectivity index (χ3n) is 6.20. The predicted octanol–water partition coefficient (Wildman–Crippen LogP) is 6.76. The van der Waals surface area contributed by atoms with Crippen molar-refractivity contribution in [3.05, 3.63) is 106 Å². The second-order valence-corrected chi connectivity index (χ2v) is 9.45. The number of phenolic OH excluding ortho intramolecular Hbond substituents is 1. The van der Waals surface area contributed by atoms with Crippen LogP contribution in [0.5, 0.6) is 17.2 Å². The fraction of sp³-hybridized carbons (Fsp3) is 0.133. The molecule has 0 bridgehead atoms. The van der Waals surface area contributed by atoms with Crippen molar-refractivity contribution in [2.45, 2.75) is 19.4 Å². The molecule has 1 aliphatic heterocycles. The Hall–Kier alpha value is -4.10. The number of phenols is 1. The third kappa shape index (κ3) is 4.36. The lowest BCUT2D eigenvalue weighted by Crippen LogP contribution is -2.34. The minimum absolute atomic E-state index is 0.122. The summed E-state index contributed by atoms with van der Waals surface area (Å²) in [5.41, 5.74) is 1.13. The number of carbonyl (C=O) groups excluding carboxylic acids is 2. The zero-order chi connectivity index (χ0) is 26.2. The number of fused-ring (bicyclic) bond motifs is 3. The standard InChI is InChI=1S/C30H23BrO6/c1-3-35-29(34)26-25-16-17-30(19-8-12-21(31)13-9-19,20-10-14-22(33)15-11-20)37-27(25)23-6-4-5-7-24(23)28(26)36-18(2)32/h4-17,33H,3H2,1-2H3. The monoisotopic (exact) mass is 558 g/mol. The average molecular weight is 559 g/mol. The first kappa shape index (κ1) is 24.6. The molecule has 0 radical (unpaired) electrons. The van der Waals surface area contributed by atoms with E-state index in [1.165, 1.54) is 6.92 Å². The topological polar surface area (TPSA) is 82.1 Å². The molecule has 1 N–H and O–H groups in total. The first-order valence-electron chi connectivity index (χ1n) is 11.7. The van der Waals surface area contributed by atoms with Crippen molar-refractivity contribution in [1.82, 2.24) is 0 Å². The summed E-state index contributed by atoms with van der Waals surface area (Å²) in [6.07, 6.45) is 3.67.